The second kappa shape index (κ2) is 9.19. The molecule has 0 spiro atoms. The molecule has 1 aliphatic heterocycles. The van der Waals surface area contributed by atoms with Crippen molar-refractivity contribution in [2.24, 2.45) is 7.05 Å². The van der Waals surface area contributed by atoms with Crippen LogP contribution < -0.4 is 9.47 Å². The first-order valence-corrected chi connectivity index (χ1v) is 9.70. The molecule has 2 heterocycles. The van der Waals surface area contributed by atoms with Crippen LogP contribution in [0.15, 0.2) is 24.3 Å². The number of rotatable bonds is 6. The van der Waals surface area contributed by atoms with E-state index in [0.29, 0.717) is 6.61 Å². The zero-order valence-electron chi connectivity index (χ0n) is 15.7. The Hall–Kier alpha value is -1.86. The van der Waals surface area contributed by atoms with Crippen molar-refractivity contribution in [2.45, 2.75) is 45.4 Å². The van der Waals surface area contributed by atoms with Gasteiger partial charge in [0, 0.05) is 7.05 Å². The molecule has 6 nitrogen and oxygen atoms in total. The fraction of sp³-hybridized carbons (Fsp3) is 0.579. The largest absolute Gasteiger partial charge is 0.497 e. The van der Waals surface area contributed by atoms with Crippen molar-refractivity contribution in [2.75, 3.05) is 20.2 Å². The molecule has 7 heteroatoms. The Labute approximate surface area is 160 Å². The molecule has 1 aromatic carbocycles. The van der Waals surface area contributed by atoms with Gasteiger partial charge in [-0.1, -0.05) is 19.3 Å². The molecule has 142 valence electrons. The summed E-state index contributed by atoms with van der Waals surface area (Å²) < 4.78 is 15.6. The first-order chi connectivity index (χ1) is 12.7. The van der Waals surface area contributed by atoms with Crippen molar-refractivity contribution in [1.82, 2.24) is 19.2 Å². The molecule has 1 saturated heterocycles. The van der Waals surface area contributed by atoms with Gasteiger partial charge in [-0.25, -0.2) is 4.68 Å². The van der Waals surface area contributed by atoms with E-state index in [0.717, 1.165) is 41.9 Å². The maximum atomic E-state index is 5.86. The van der Waals surface area contributed by atoms with E-state index in [2.05, 4.69) is 4.90 Å². The van der Waals surface area contributed by atoms with Crippen LogP contribution in [0.25, 0.3) is 0 Å². The van der Waals surface area contributed by atoms with Gasteiger partial charge >= 0.3 is 0 Å². The SMILES string of the molecule is COc1ccc(OCc2nn(CN3CCCCCCC3)c(=S)n2C)cc1. The maximum Gasteiger partial charge on any atom is 0.198 e. The minimum absolute atomic E-state index is 0.388. The van der Waals surface area contributed by atoms with Crippen LogP contribution in [-0.4, -0.2) is 39.4 Å². The molecule has 1 fully saturated rings. The average molecular weight is 377 g/mol. The maximum absolute atomic E-state index is 5.86. The molecule has 1 aliphatic rings. The summed E-state index contributed by atoms with van der Waals surface area (Å²) in [5.74, 6) is 2.43. The summed E-state index contributed by atoms with van der Waals surface area (Å²) in [6, 6.07) is 7.55. The highest BCUT2D eigenvalue weighted by atomic mass is 32.1. The van der Waals surface area contributed by atoms with E-state index in [-0.39, 0.29) is 0 Å². The predicted molar refractivity (Wildman–Crippen MR) is 104 cm³/mol. The predicted octanol–water partition coefficient (Wildman–Crippen LogP) is 3.76. The Balaban J connectivity index is 1.63. The lowest BCUT2D eigenvalue weighted by Gasteiger charge is -2.23. The minimum atomic E-state index is 0.388. The summed E-state index contributed by atoms with van der Waals surface area (Å²) in [5.41, 5.74) is 0. The molecule has 2 aromatic rings. The molecular weight excluding hydrogens is 348 g/mol. The van der Waals surface area contributed by atoms with Crippen molar-refractivity contribution in [3.05, 3.63) is 34.9 Å². The highest BCUT2D eigenvalue weighted by Crippen LogP contribution is 2.18. The second-order valence-electron chi connectivity index (χ2n) is 6.75. The monoisotopic (exact) mass is 376 g/mol. The molecule has 0 amide bonds. The topological polar surface area (TPSA) is 44.5 Å². The van der Waals surface area contributed by atoms with Gasteiger partial charge in [0.1, 0.15) is 18.1 Å². The third kappa shape index (κ3) is 4.86. The van der Waals surface area contributed by atoms with Crippen molar-refractivity contribution in [1.29, 1.82) is 0 Å². The van der Waals surface area contributed by atoms with Crippen molar-refractivity contribution >= 4 is 12.2 Å². The van der Waals surface area contributed by atoms with Crippen LogP contribution in [0.4, 0.5) is 0 Å². The smallest absolute Gasteiger partial charge is 0.198 e. The van der Waals surface area contributed by atoms with Gasteiger partial charge in [0.05, 0.1) is 13.8 Å². The minimum Gasteiger partial charge on any atom is -0.497 e. The van der Waals surface area contributed by atoms with E-state index in [1.807, 2.05) is 40.6 Å². The number of aromatic nitrogens is 3. The quantitative estimate of drug-likeness (QED) is 0.718. The molecule has 0 aliphatic carbocycles. The molecule has 0 bridgehead atoms. The fourth-order valence-electron chi connectivity index (χ4n) is 3.21. The third-order valence-corrected chi connectivity index (χ3v) is 5.33. The summed E-state index contributed by atoms with van der Waals surface area (Å²) >= 11 is 5.57. The normalized spacial score (nSPS) is 16.1. The zero-order valence-corrected chi connectivity index (χ0v) is 16.5. The summed E-state index contributed by atoms with van der Waals surface area (Å²) in [5, 5.41) is 4.69. The summed E-state index contributed by atoms with van der Waals surface area (Å²) in [7, 11) is 3.60. The molecule has 0 radical (unpaired) electrons. The summed E-state index contributed by atoms with van der Waals surface area (Å²) in [4.78, 5) is 2.45. The molecule has 0 saturated carbocycles. The van der Waals surface area contributed by atoms with Gasteiger partial charge in [-0.2, -0.15) is 5.10 Å². The standard InChI is InChI=1S/C19H28N4O2S/c1-21-18(14-25-17-10-8-16(24-2)9-11-17)20-23(19(21)26)15-22-12-6-4-3-5-7-13-22/h8-11H,3-7,12-15H2,1-2H3. The molecular formula is C19H28N4O2S. The van der Waals surface area contributed by atoms with Crippen LogP contribution in [0, 0.1) is 4.77 Å². The van der Waals surface area contributed by atoms with Gasteiger partial charge in [-0.3, -0.25) is 4.90 Å². The molecule has 3 rings (SSSR count). The van der Waals surface area contributed by atoms with Crippen LogP contribution in [0.2, 0.25) is 0 Å². The molecule has 0 atom stereocenters. The number of hydrogen-bond acceptors (Lipinski definition) is 5. The van der Waals surface area contributed by atoms with E-state index in [4.69, 9.17) is 26.8 Å². The van der Waals surface area contributed by atoms with Gasteiger partial charge in [-0.05, 0) is 62.4 Å². The number of methoxy groups -OCH3 is 1. The van der Waals surface area contributed by atoms with E-state index < -0.39 is 0 Å². The highest BCUT2D eigenvalue weighted by Gasteiger charge is 2.13. The van der Waals surface area contributed by atoms with Gasteiger partial charge in [-0.15, -0.1) is 0 Å². The lowest BCUT2D eigenvalue weighted by molar-refractivity contribution is 0.186. The van der Waals surface area contributed by atoms with Gasteiger partial charge in [0.25, 0.3) is 0 Å². The first-order valence-electron chi connectivity index (χ1n) is 9.29. The lowest BCUT2D eigenvalue weighted by Crippen LogP contribution is -2.30. The van der Waals surface area contributed by atoms with E-state index in [1.165, 1.54) is 32.1 Å². The summed E-state index contributed by atoms with van der Waals surface area (Å²) in [6.07, 6.45) is 6.53. The Morgan fingerprint density at radius 1 is 1.00 bits per heavy atom. The number of benzene rings is 1. The van der Waals surface area contributed by atoms with Gasteiger partial charge in [0.15, 0.2) is 10.6 Å². The Morgan fingerprint density at radius 2 is 1.62 bits per heavy atom. The van der Waals surface area contributed by atoms with Crippen LogP contribution in [0.1, 0.15) is 37.9 Å². The highest BCUT2D eigenvalue weighted by molar-refractivity contribution is 7.71. The zero-order chi connectivity index (χ0) is 18.4. The summed E-state index contributed by atoms with van der Waals surface area (Å²) in [6.45, 7) is 3.39. The number of hydrogen-bond donors (Lipinski definition) is 0. The first kappa shape index (κ1) is 18.9. The van der Waals surface area contributed by atoms with E-state index in [9.17, 15) is 0 Å². The van der Waals surface area contributed by atoms with E-state index >= 15 is 0 Å². The average Bonchev–Trinajstić information content (AvgIpc) is 2.90. The third-order valence-electron chi connectivity index (χ3n) is 4.84. The van der Waals surface area contributed by atoms with Crippen LogP contribution in [-0.2, 0) is 20.3 Å². The Morgan fingerprint density at radius 3 is 2.27 bits per heavy atom. The van der Waals surface area contributed by atoms with Crippen LogP contribution >= 0.6 is 12.2 Å². The lowest BCUT2D eigenvalue weighted by atomic mass is 10.1. The Kier molecular flexibility index (Phi) is 6.68. The van der Waals surface area contributed by atoms with E-state index in [1.54, 1.807) is 7.11 Å². The van der Waals surface area contributed by atoms with Crippen molar-refractivity contribution < 1.29 is 9.47 Å². The molecule has 0 N–H and O–H groups in total. The number of ether oxygens (including phenoxy) is 2. The van der Waals surface area contributed by atoms with Gasteiger partial charge < -0.3 is 14.0 Å². The number of nitrogens with zero attached hydrogens (tertiary/aromatic N) is 4. The van der Waals surface area contributed by atoms with Gasteiger partial charge in [0.2, 0.25) is 0 Å². The molecule has 1 aromatic heterocycles. The van der Waals surface area contributed by atoms with Crippen molar-refractivity contribution in [3.8, 4) is 11.5 Å². The molecule has 0 unspecified atom stereocenters. The van der Waals surface area contributed by atoms with Crippen LogP contribution in [0.3, 0.4) is 0 Å². The second-order valence-corrected chi connectivity index (χ2v) is 7.11. The number of likely N-dealkylation sites (tertiary alicyclic amines) is 1. The Bertz CT molecular complexity index is 746. The van der Waals surface area contributed by atoms with Crippen LogP contribution in [0.5, 0.6) is 11.5 Å². The van der Waals surface area contributed by atoms with Crippen molar-refractivity contribution in [3.63, 3.8) is 0 Å². The molecule has 26 heavy (non-hydrogen) atoms. The fourth-order valence-corrected chi connectivity index (χ4v) is 3.42.